The molecule has 230 valence electrons. The molecule has 0 saturated heterocycles. The van der Waals surface area contributed by atoms with Crippen molar-refractivity contribution in [3.8, 4) is 33.8 Å². The van der Waals surface area contributed by atoms with Crippen LogP contribution in [0.4, 0.5) is 0 Å². The molecule has 4 rings (SSSR count). The zero-order valence-corrected chi connectivity index (χ0v) is 28.9. The topological polar surface area (TPSA) is 39.8 Å². The molecule has 2 radical (unpaired) electrons. The molecule has 0 atom stereocenters. The SMILES string of the molecule is CC(C)(C)c1cc(-c2ccc(/C=C/c3cccc(-c4cc(C(C)(C)C)c([O])c(C(C)(C)C)c4)c3)cc2)cc(C(C)(C)C)c1[O]. The van der Waals surface area contributed by atoms with Crippen LogP contribution in [-0.4, -0.2) is 0 Å². The van der Waals surface area contributed by atoms with Crippen LogP contribution in [0.5, 0.6) is 11.5 Å². The third-order valence-corrected chi connectivity index (χ3v) is 8.34. The maximum absolute atomic E-state index is 13.4. The van der Waals surface area contributed by atoms with Crippen molar-refractivity contribution in [3.05, 3.63) is 106 Å². The molecule has 0 fully saturated rings. The van der Waals surface area contributed by atoms with Crippen LogP contribution in [0.1, 0.15) is 116 Å². The summed E-state index contributed by atoms with van der Waals surface area (Å²) in [5.74, 6) is 0.310. The van der Waals surface area contributed by atoms with Crippen molar-refractivity contribution in [1.29, 1.82) is 0 Å². The predicted molar refractivity (Wildman–Crippen MR) is 188 cm³/mol. The van der Waals surface area contributed by atoms with Crippen LogP contribution in [0, 0.1) is 0 Å². The van der Waals surface area contributed by atoms with Gasteiger partial charge in [-0.05, 0) is 85.4 Å². The van der Waals surface area contributed by atoms with Crippen LogP contribution in [0.15, 0.2) is 72.8 Å². The van der Waals surface area contributed by atoms with Gasteiger partial charge in [0.05, 0.1) is 0 Å². The Kier molecular flexibility index (Phi) is 8.75. The Bertz CT molecular complexity index is 1600. The average Bonchev–Trinajstić information content (AvgIpc) is 2.90. The molecule has 4 aromatic carbocycles. The molecule has 0 aliphatic heterocycles. The van der Waals surface area contributed by atoms with Crippen molar-refractivity contribution in [2.75, 3.05) is 0 Å². The predicted octanol–water partition coefficient (Wildman–Crippen LogP) is 12.7. The second-order valence-corrected chi connectivity index (χ2v) is 16.4. The molecule has 0 unspecified atom stereocenters. The molecule has 2 nitrogen and oxygen atoms in total. The van der Waals surface area contributed by atoms with Crippen LogP contribution in [0.3, 0.4) is 0 Å². The molecule has 0 heterocycles. The number of rotatable bonds is 4. The fourth-order valence-corrected chi connectivity index (χ4v) is 5.62. The first-order valence-corrected chi connectivity index (χ1v) is 15.8. The smallest absolute Gasteiger partial charge is 0.186 e. The van der Waals surface area contributed by atoms with E-state index < -0.39 is 0 Å². The largest absolute Gasteiger partial charge is 0.289 e. The minimum Gasteiger partial charge on any atom is -0.289 e. The van der Waals surface area contributed by atoms with Gasteiger partial charge in [0.15, 0.2) is 11.5 Å². The average molecular weight is 587 g/mol. The molecule has 4 aromatic rings. The lowest BCUT2D eigenvalue weighted by Crippen LogP contribution is -2.17. The van der Waals surface area contributed by atoms with Crippen molar-refractivity contribution in [1.82, 2.24) is 0 Å². The molecule has 0 saturated carbocycles. The van der Waals surface area contributed by atoms with Gasteiger partial charge in [-0.15, -0.1) is 0 Å². The summed E-state index contributed by atoms with van der Waals surface area (Å²) < 4.78 is 0. The Hall–Kier alpha value is -3.78. The Morgan fingerprint density at radius 3 is 1.14 bits per heavy atom. The summed E-state index contributed by atoms with van der Waals surface area (Å²) in [4.78, 5) is 0. The van der Waals surface area contributed by atoms with Crippen molar-refractivity contribution in [2.45, 2.75) is 105 Å². The van der Waals surface area contributed by atoms with Gasteiger partial charge < -0.3 is 0 Å². The van der Waals surface area contributed by atoms with Gasteiger partial charge >= 0.3 is 0 Å². The monoisotopic (exact) mass is 586 g/mol. The van der Waals surface area contributed by atoms with E-state index in [0.29, 0.717) is 0 Å². The Morgan fingerprint density at radius 2 is 0.750 bits per heavy atom. The molecule has 0 aliphatic carbocycles. The molecule has 0 bridgehead atoms. The lowest BCUT2D eigenvalue weighted by atomic mass is 9.77. The summed E-state index contributed by atoms with van der Waals surface area (Å²) in [5, 5.41) is 26.7. The van der Waals surface area contributed by atoms with Crippen molar-refractivity contribution in [3.63, 3.8) is 0 Å². The van der Waals surface area contributed by atoms with Crippen LogP contribution in [-0.2, 0) is 31.9 Å². The third kappa shape index (κ3) is 7.29. The van der Waals surface area contributed by atoms with Gasteiger partial charge in [0.2, 0.25) is 0 Å². The van der Waals surface area contributed by atoms with Crippen LogP contribution in [0.2, 0.25) is 0 Å². The maximum atomic E-state index is 13.4. The molecule has 0 aromatic heterocycles. The summed E-state index contributed by atoms with van der Waals surface area (Å²) in [6, 6.07) is 25.3. The summed E-state index contributed by atoms with van der Waals surface area (Å²) in [6.45, 7) is 25.3. The van der Waals surface area contributed by atoms with Gasteiger partial charge in [-0.2, -0.15) is 0 Å². The van der Waals surface area contributed by atoms with Crippen molar-refractivity contribution >= 4 is 12.2 Å². The molecule has 0 spiro atoms. The molecule has 0 N–H and O–H groups in total. The summed E-state index contributed by atoms with van der Waals surface area (Å²) in [6.07, 6.45) is 4.27. The van der Waals surface area contributed by atoms with E-state index in [-0.39, 0.29) is 33.2 Å². The maximum Gasteiger partial charge on any atom is 0.186 e. The van der Waals surface area contributed by atoms with E-state index in [0.717, 1.165) is 55.6 Å². The highest BCUT2D eigenvalue weighted by atomic mass is 16.3. The molecular formula is C42H50O2. The first kappa shape index (κ1) is 33.1. The molecular weight excluding hydrogens is 536 g/mol. The fraction of sp³-hybridized carbons (Fsp3) is 0.381. The number of benzene rings is 4. The second kappa shape index (κ2) is 11.6. The zero-order chi connectivity index (χ0) is 32.8. The lowest BCUT2D eigenvalue weighted by Gasteiger charge is -2.27. The quantitative estimate of drug-likeness (QED) is 0.213. The third-order valence-electron chi connectivity index (χ3n) is 8.34. The van der Waals surface area contributed by atoms with E-state index in [4.69, 9.17) is 0 Å². The van der Waals surface area contributed by atoms with E-state index in [2.05, 4.69) is 168 Å². The Balaban J connectivity index is 1.66. The first-order chi connectivity index (χ1) is 20.2. The number of hydrogen-bond donors (Lipinski definition) is 0. The molecule has 44 heavy (non-hydrogen) atoms. The minimum absolute atomic E-state index is 0.154. The van der Waals surface area contributed by atoms with Crippen molar-refractivity contribution < 1.29 is 10.2 Å². The highest BCUT2D eigenvalue weighted by Crippen LogP contribution is 2.44. The van der Waals surface area contributed by atoms with Gasteiger partial charge in [0.1, 0.15) is 0 Å². The number of hydrogen-bond acceptors (Lipinski definition) is 0. The van der Waals surface area contributed by atoms with E-state index >= 15 is 0 Å². The Labute approximate surface area is 266 Å². The highest BCUT2D eigenvalue weighted by molar-refractivity contribution is 5.77. The van der Waals surface area contributed by atoms with Crippen LogP contribution < -0.4 is 0 Å². The normalized spacial score (nSPS) is 13.1. The molecule has 0 amide bonds. The lowest BCUT2D eigenvalue weighted by molar-refractivity contribution is 0.326. The summed E-state index contributed by atoms with van der Waals surface area (Å²) in [7, 11) is 0. The summed E-state index contributed by atoms with van der Waals surface area (Å²) >= 11 is 0. The van der Waals surface area contributed by atoms with Gasteiger partial charge in [-0.3, -0.25) is 10.2 Å². The standard InChI is InChI=1S/C42H50O2/c1-39(2,3)33-23-31(24-34(37(33)43)40(4,5)6)29-20-18-27(19-21-29)16-17-28-14-13-15-30(22-28)32-25-35(41(7,8)9)38(44)36(26-32)42(10,11)12/h13-26H,1-12H3/b17-16+. The van der Waals surface area contributed by atoms with Gasteiger partial charge in [-0.25, -0.2) is 0 Å². The van der Waals surface area contributed by atoms with Crippen LogP contribution in [0.25, 0.3) is 34.4 Å². The van der Waals surface area contributed by atoms with E-state index in [1.54, 1.807) is 0 Å². The van der Waals surface area contributed by atoms with Gasteiger partial charge in [0.25, 0.3) is 0 Å². The zero-order valence-electron chi connectivity index (χ0n) is 28.9. The van der Waals surface area contributed by atoms with Gasteiger partial charge in [-0.1, -0.05) is 138 Å². The fourth-order valence-electron chi connectivity index (χ4n) is 5.62. The first-order valence-electron chi connectivity index (χ1n) is 15.8. The molecule has 2 heteroatoms. The van der Waals surface area contributed by atoms with E-state index in [9.17, 15) is 10.2 Å². The minimum atomic E-state index is -0.240. The Morgan fingerprint density at radius 1 is 0.386 bits per heavy atom. The molecule has 0 aliphatic rings. The van der Waals surface area contributed by atoms with Gasteiger partial charge in [0, 0.05) is 22.3 Å². The highest BCUT2D eigenvalue weighted by Gasteiger charge is 2.29. The van der Waals surface area contributed by atoms with Crippen molar-refractivity contribution in [2.24, 2.45) is 0 Å². The summed E-state index contributed by atoms with van der Waals surface area (Å²) in [5.41, 5.74) is 9.05. The van der Waals surface area contributed by atoms with E-state index in [1.807, 2.05) is 0 Å². The van der Waals surface area contributed by atoms with Crippen LogP contribution >= 0.6 is 0 Å². The van der Waals surface area contributed by atoms with E-state index in [1.165, 1.54) is 0 Å². The second-order valence-electron chi connectivity index (χ2n) is 16.4.